The average Bonchev–Trinajstić information content (AvgIpc) is 1.12. The third-order valence-electron chi connectivity index (χ3n) is 0. The van der Waals surface area contributed by atoms with Gasteiger partial charge in [0.25, 0.3) is 0 Å². The minimum absolute atomic E-state index is 0. The van der Waals surface area contributed by atoms with Crippen molar-refractivity contribution < 1.29 is 56.8 Å². The van der Waals surface area contributed by atoms with Gasteiger partial charge < -0.3 is 33.4 Å². The second kappa shape index (κ2) is 6.06. The Balaban J connectivity index is -0.0000000457. The molecule has 0 fully saturated rings. The maximum atomic E-state index is 9.75. The molecule has 0 saturated carbocycles. The van der Waals surface area contributed by atoms with Gasteiger partial charge in [-0.2, -0.15) is 0 Å². The van der Waals surface area contributed by atoms with Gasteiger partial charge in [0.05, 0.1) is 0 Å². The van der Waals surface area contributed by atoms with E-state index in [0.717, 1.165) is 0 Å². The Hall–Kier alpha value is 0.492. The fraction of sp³-hybridized carbons (Fsp3) is 0. The van der Waals surface area contributed by atoms with E-state index in [1.807, 2.05) is 0 Å². The van der Waals surface area contributed by atoms with Gasteiger partial charge in [-0.25, -0.2) is 4.57 Å². The van der Waals surface area contributed by atoms with E-state index in [0.29, 0.717) is 0 Å². The van der Waals surface area contributed by atoms with Crippen molar-refractivity contribution in [2.75, 3.05) is 0 Å². The van der Waals surface area contributed by atoms with Crippen LogP contribution in [-0.4, -0.2) is 21.9 Å². The summed E-state index contributed by atoms with van der Waals surface area (Å²) in [5, 5.41) is 0. The molecule has 11 heteroatoms. The van der Waals surface area contributed by atoms with E-state index in [4.69, 9.17) is 19.2 Å². The normalized spacial score (nSPS) is 10.8. The molecule has 3 N–H and O–H groups in total. The van der Waals surface area contributed by atoms with E-state index >= 15 is 0 Å². The van der Waals surface area contributed by atoms with Gasteiger partial charge in [0.15, 0.2) is 0 Å². The number of rotatable bonds is 0. The fourth-order valence-electron chi connectivity index (χ4n) is 0. The first-order chi connectivity index (χ1) is 4.00. The summed E-state index contributed by atoms with van der Waals surface area (Å²) in [6.45, 7) is 0. The first kappa shape index (κ1) is 17.5. The zero-order chi connectivity index (χ0) is 9.00. The predicted octanol–water partition coefficient (Wildman–Crippen LogP) is -2.51. The Morgan fingerprint density at radius 2 is 1.09 bits per heavy atom. The van der Waals surface area contributed by atoms with Crippen molar-refractivity contribution in [3.05, 3.63) is 0 Å². The number of hydrogen-bond donors (Lipinski definition) is 3. The predicted molar refractivity (Wildman–Crippen MR) is 25.6 cm³/mol. The van der Waals surface area contributed by atoms with Crippen LogP contribution in [0.15, 0.2) is 0 Å². The van der Waals surface area contributed by atoms with Crippen molar-refractivity contribution in [2.45, 2.75) is 0 Å². The topological polar surface area (TPSA) is 77.8 Å². The summed E-state index contributed by atoms with van der Waals surface area (Å²) in [6.07, 6.45) is 0. The Morgan fingerprint density at radius 3 is 1.09 bits per heavy atom. The molecular weight excluding hydrogens is 189 g/mol. The number of halogens is 4. The molecule has 11 heavy (non-hydrogen) atoms. The third-order valence-corrected chi connectivity index (χ3v) is 0. The first-order valence-electron chi connectivity index (χ1n) is 1.66. The molecule has 0 unspecified atom stereocenters. The standard InChI is InChI=1S/BF4.Li.H3O4P.H/c2-1(3,4)5;;1-5(2,3)4;/h;;(H3,1,2,3,4);/q-1;+1;;-1. The van der Waals surface area contributed by atoms with Crippen LogP contribution in [-0.2, 0) is 4.57 Å². The van der Waals surface area contributed by atoms with Crippen LogP contribution in [0.5, 0.6) is 0 Å². The van der Waals surface area contributed by atoms with Crippen LogP contribution >= 0.6 is 7.82 Å². The van der Waals surface area contributed by atoms with E-state index < -0.39 is 15.1 Å². The fourth-order valence-corrected chi connectivity index (χ4v) is 0. The molecule has 0 aliphatic heterocycles. The summed E-state index contributed by atoms with van der Waals surface area (Å²) < 4.78 is 47.9. The summed E-state index contributed by atoms with van der Waals surface area (Å²) in [5.41, 5.74) is 0. The molecule has 0 bridgehead atoms. The van der Waals surface area contributed by atoms with Gasteiger partial charge in [0.1, 0.15) is 0 Å². The van der Waals surface area contributed by atoms with Crippen molar-refractivity contribution >= 4 is 15.1 Å². The summed E-state index contributed by atoms with van der Waals surface area (Å²) in [6, 6.07) is 0. The van der Waals surface area contributed by atoms with Crippen LogP contribution in [0, 0.1) is 0 Å². The molecule has 0 aromatic carbocycles. The van der Waals surface area contributed by atoms with Crippen molar-refractivity contribution in [2.24, 2.45) is 0 Å². The van der Waals surface area contributed by atoms with Gasteiger partial charge in [-0.1, -0.05) is 0 Å². The smallest absolute Gasteiger partial charge is 1.00 e. The second-order valence-electron chi connectivity index (χ2n) is 1.01. The van der Waals surface area contributed by atoms with Gasteiger partial charge in [0.2, 0.25) is 0 Å². The van der Waals surface area contributed by atoms with E-state index in [1.54, 1.807) is 0 Å². The van der Waals surface area contributed by atoms with Gasteiger partial charge >= 0.3 is 33.9 Å². The monoisotopic (exact) mass is 193 g/mol. The summed E-state index contributed by atoms with van der Waals surface area (Å²) in [5.74, 6) is 0. The van der Waals surface area contributed by atoms with Crippen LogP contribution in [0.3, 0.4) is 0 Å². The Kier molecular flexibility index (Phi) is 9.66. The Morgan fingerprint density at radius 1 is 1.09 bits per heavy atom. The quantitative estimate of drug-likeness (QED) is 0.225. The Labute approximate surface area is 72.6 Å². The average molecular weight is 193 g/mol. The van der Waals surface area contributed by atoms with Crippen molar-refractivity contribution in [3.63, 3.8) is 0 Å². The summed E-state index contributed by atoms with van der Waals surface area (Å²) in [7, 11) is -10.6. The molecule has 0 radical (unpaired) electrons. The maximum Gasteiger partial charge on any atom is 1.00 e. The van der Waals surface area contributed by atoms with Gasteiger partial charge in [-0.3, -0.25) is 0 Å². The van der Waals surface area contributed by atoms with Gasteiger partial charge in [0, 0.05) is 0 Å². The van der Waals surface area contributed by atoms with E-state index in [-0.39, 0.29) is 20.3 Å². The molecule has 0 aromatic heterocycles. The molecule has 0 amide bonds. The molecule has 0 saturated heterocycles. The summed E-state index contributed by atoms with van der Waals surface area (Å²) in [4.78, 5) is 21.6. The minimum Gasteiger partial charge on any atom is -1.00 e. The molecule has 66 valence electrons. The van der Waals surface area contributed by atoms with Crippen molar-refractivity contribution in [3.8, 4) is 0 Å². The van der Waals surface area contributed by atoms with Crippen LogP contribution < -0.4 is 18.9 Å². The molecule has 0 spiro atoms. The van der Waals surface area contributed by atoms with Gasteiger partial charge in [-0.15, -0.1) is 0 Å². The second-order valence-corrected chi connectivity index (χ2v) is 2.03. The van der Waals surface area contributed by atoms with E-state index in [2.05, 4.69) is 0 Å². The van der Waals surface area contributed by atoms with Crippen molar-refractivity contribution in [1.82, 2.24) is 0 Å². The molecule has 0 aliphatic carbocycles. The minimum atomic E-state index is -6.00. The largest absolute Gasteiger partial charge is 1.00 e. The SMILES string of the molecule is F[B-](F)(F)F.O=P(O)(O)O.[H-].[Li+]. The van der Waals surface area contributed by atoms with Crippen LogP contribution in [0.4, 0.5) is 17.3 Å². The zero-order valence-corrected chi connectivity index (χ0v) is 6.18. The van der Waals surface area contributed by atoms with Crippen LogP contribution in [0.2, 0.25) is 0 Å². The zero-order valence-electron chi connectivity index (χ0n) is 6.29. The molecule has 4 nitrogen and oxygen atoms in total. The molecule has 0 aromatic rings. The van der Waals surface area contributed by atoms with Gasteiger partial charge in [-0.05, 0) is 0 Å². The maximum absolute atomic E-state index is 9.75. The molecule has 0 heterocycles. The third kappa shape index (κ3) is 3120. The van der Waals surface area contributed by atoms with Crippen molar-refractivity contribution in [1.29, 1.82) is 0 Å². The molecule has 0 aliphatic rings. The van der Waals surface area contributed by atoms with Crippen LogP contribution in [0.25, 0.3) is 0 Å². The summed E-state index contributed by atoms with van der Waals surface area (Å²) >= 11 is 0. The van der Waals surface area contributed by atoms with E-state index in [1.165, 1.54) is 0 Å². The number of hydrogen-bond acceptors (Lipinski definition) is 1. The molecular formula is H4BF4LiO4P-. The first-order valence-corrected chi connectivity index (χ1v) is 3.22. The van der Waals surface area contributed by atoms with Crippen LogP contribution in [0.1, 0.15) is 1.43 Å². The molecule has 0 rings (SSSR count). The Bertz CT molecular complexity index is 119. The molecule has 0 atom stereocenters. The van der Waals surface area contributed by atoms with E-state index in [9.17, 15) is 17.3 Å². The number of phosphoric acid groups is 1.